The minimum absolute atomic E-state index is 0.0214. The van der Waals surface area contributed by atoms with E-state index in [9.17, 15) is 4.79 Å². The molecule has 0 N–H and O–H groups in total. The van der Waals surface area contributed by atoms with Gasteiger partial charge in [0.05, 0.1) is 4.91 Å². The summed E-state index contributed by atoms with van der Waals surface area (Å²) in [5, 5.41) is 0. The number of aromatic nitrogens is 1. The molecule has 2 rings (SSSR count). The van der Waals surface area contributed by atoms with Gasteiger partial charge in [0.2, 0.25) is 0 Å². The summed E-state index contributed by atoms with van der Waals surface area (Å²) in [4.78, 5) is 14.7. The number of thiocarbonyl (C=S) groups is 1. The Morgan fingerprint density at radius 3 is 2.38 bits per heavy atom. The molecule has 1 fully saturated rings. The Balaban J connectivity index is 2.44. The Bertz CT molecular complexity index is 635. The van der Waals surface area contributed by atoms with Gasteiger partial charge in [-0.15, -0.1) is 0 Å². The van der Waals surface area contributed by atoms with Crippen LogP contribution in [0.25, 0.3) is 6.08 Å². The third-order valence-corrected chi connectivity index (χ3v) is 5.00. The molecule has 1 aromatic rings. The highest BCUT2D eigenvalue weighted by atomic mass is 32.2. The summed E-state index contributed by atoms with van der Waals surface area (Å²) >= 11 is 6.65. The first kappa shape index (κ1) is 16.3. The van der Waals surface area contributed by atoms with E-state index in [0.29, 0.717) is 10.9 Å². The second-order valence-electron chi connectivity index (χ2n) is 6.26. The molecule has 1 aliphatic rings. The summed E-state index contributed by atoms with van der Waals surface area (Å²) in [6, 6.07) is 2.14. The van der Waals surface area contributed by atoms with Crippen molar-refractivity contribution in [3.05, 3.63) is 27.9 Å². The molecular weight excluding hydrogens is 300 g/mol. The predicted octanol–water partition coefficient (Wildman–Crippen LogP) is 4.08. The summed E-state index contributed by atoms with van der Waals surface area (Å²) in [6.45, 7) is 13.3. The summed E-state index contributed by atoms with van der Waals surface area (Å²) in [6.07, 6.45) is 1.97. The lowest BCUT2D eigenvalue weighted by atomic mass is 10.1. The van der Waals surface area contributed by atoms with E-state index >= 15 is 0 Å². The number of carbonyl (C=O) groups excluding carboxylic acids is 1. The monoisotopic (exact) mass is 322 g/mol. The van der Waals surface area contributed by atoms with Gasteiger partial charge in [-0.05, 0) is 59.2 Å². The van der Waals surface area contributed by atoms with E-state index in [-0.39, 0.29) is 11.4 Å². The van der Waals surface area contributed by atoms with Gasteiger partial charge in [0.1, 0.15) is 4.32 Å². The Morgan fingerprint density at radius 1 is 1.33 bits per heavy atom. The Kier molecular flexibility index (Phi) is 4.36. The van der Waals surface area contributed by atoms with Crippen LogP contribution in [0.5, 0.6) is 0 Å². The van der Waals surface area contributed by atoms with Gasteiger partial charge in [0.25, 0.3) is 5.91 Å². The zero-order valence-corrected chi connectivity index (χ0v) is 15.1. The van der Waals surface area contributed by atoms with Crippen molar-refractivity contribution in [1.29, 1.82) is 0 Å². The molecule has 0 atom stereocenters. The van der Waals surface area contributed by atoms with Crippen LogP contribution in [0, 0.1) is 13.8 Å². The molecule has 1 saturated heterocycles. The van der Waals surface area contributed by atoms with Gasteiger partial charge in [-0.3, -0.25) is 9.69 Å². The Labute approximate surface area is 136 Å². The standard InChI is InChI=1S/C16H22N2OS2/c1-7-17-14(19)13(21-15(17)20)9-12-8-10(2)18(11(12)3)16(4,5)6/h8-9H,7H2,1-6H3/b13-9-. The smallest absolute Gasteiger partial charge is 0.266 e. The number of aryl methyl sites for hydroxylation is 1. The van der Waals surface area contributed by atoms with Gasteiger partial charge in [0, 0.05) is 23.5 Å². The normalized spacial score (nSPS) is 18.2. The van der Waals surface area contributed by atoms with Crippen molar-refractivity contribution in [1.82, 2.24) is 9.47 Å². The number of thioether (sulfide) groups is 1. The zero-order valence-electron chi connectivity index (χ0n) is 13.5. The van der Waals surface area contributed by atoms with Gasteiger partial charge in [-0.1, -0.05) is 24.0 Å². The molecule has 114 valence electrons. The van der Waals surface area contributed by atoms with E-state index in [2.05, 4.69) is 45.3 Å². The maximum Gasteiger partial charge on any atom is 0.266 e. The fourth-order valence-electron chi connectivity index (χ4n) is 2.88. The zero-order chi connectivity index (χ0) is 15.9. The van der Waals surface area contributed by atoms with Gasteiger partial charge in [0.15, 0.2) is 0 Å². The van der Waals surface area contributed by atoms with E-state index in [1.807, 2.05) is 13.0 Å². The van der Waals surface area contributed by atoms with Crippen LogP contribution in [0.1, 0.15) is 44.6 Å². The first-order valence-electron chi connectivity index (χ1n) is 7.11. The molecule has 1 amide bonds. The molecule has 0 unspecified atom stereocenters. The lowest BCUT2D eigenvalue weighted by Crippen LogP contribution is -2.27. The highest BCUT2D eigenvalue weighted by Crippen LogP contribution is 2.34. The molecule has 1 aliphatic heterocycles. The van der Waals surface area contributed by atoms with Crippen LogP contribution >= 0.6 is 24.0 Å². The first-order valence-corrected chi connectivity index (χ1v) is 8.34. The van der Waals surface area contributed by atoms with Gasteiger partial charge < -0.3 is 4.57 Å². The SMILES string of the molecule is CCN1C(=O)/C(=C/c2cc(C)n(C(C)(C)C)c2C)SC1=S. The first-order chi connectivity index (χ1) is 9.66. The van der Waals surface area contributed by atoms with Crippen molar-refractivity contribution in [3.8, 4) is 0 Å². The van der Waals surface area contributed by atoms with Gasteiger partial charge in [-0.2, -0.15) is 0 Å². The molecule has 2 heterocycles. The number of nitrogens with zero attached hydrogens (tertiary/aromatic N) is 2. The molecule has 0 radical (unpaired) electrons. The van der Waals surface area contributed by atoms with E-state index in [1.54, 1.807) is 4.90 Å². The number of rotatable bonds is 2. The van der Waals surface area contributed by atoms with Gasteiger partial charge >= 0.3 is 0 Å². The Morgan fingerprint density at radius 2 is 1.95 bits per heavy atom. The summed E-state index contributed by atoms with van der Waals surface area (Å²) < 4.78 is 2.96. The average molecular weight is 322 g/mol. The topological polar surface area (TPSA) is 25.2 Å². The van der Waals surface area contributed by atoms with Crippen molar-refractivity contribution < 1.29 is 4.79 Å². The van der Waals surface area contributed by atoms with Crippen LogP contribution in [0.4, 0.5) is 0 Å². The summed E-state index contributed by atoms with van der Waals surface area (Å²) in [7, 11) is 0. The molecule has 1 aromatic heterocycles. The van der Waals surface area contributed by atoms with Crippen molar-refractivity contribution in [2.24, 2.45) is 0 Å². The lowest BCUT2D eigenvalue weighted by Gasteiger charge is -2.25. The number of hydrogen-bond acceptors (Lipinski definition) is 3. The molecule has 21 heavy (non-hydrogen) atoms. The second-order valence-corrected chi connectivity index (χ2v) is 7.93. The van der Waals surface area contributed by atoms with Crippen LogP contribution in [-0.2, 0) is 10.3 Å². The van der Waals surface area contributed by atoms with Crippen molar-refractivity contribution in [2.75, 3.05) is 6.54 Å². The quantitative estimate of drug-likeness (QED) is 0.606. The molecule has 0 aliphatic carbocycles. The Hall–Kier alpha value is -1.07. The van der Waals surface area contributed by atoms with Crippen LogP contribution in [-0.4, -0.2) is 26.2 Å². The fraction of sp³-hybridized carbons (Fsp3) is 0.500. The summed E-state index contributed by atoms with van der Waals surface area (Å²) in [5.41, 5.74) is 3.51. The van der Waals surface area contributed by atoms with E-state index in [4.69, 9.17) is 12.2 Å². The van der Waals surface area contributed by atoms with E-state index in [0.717, 1.165) is 10.5 Å². The van der Waals surface area contributed by atoms with Crippen LogP contribution < -0.4 is 0 Å². The molecule has 0 saturated carbocycles. The maximum absolute atomic E-state index is 12.3. The third-order valence-electron chi connectivity index (χ3n) is 3.62. The van der Waals surface area contributed by atoms with Crippen LogP contribution in [0.15, 0.2) is 11.0 Å². The highest BCUT2D eigenvalue weighted by molar-refractivity contribution is 8.26. The van der Waals surface area contributed by atoms with E-state index < -0.39 is 0 Å². The average Bonchev–Trinajstić information content (AvgIpc) is 2.77. The number of likely N-dealkylation sites (N-methyl/N-ethyl adjacent to an activating group) is 1. The minimum Gasteiger partial charge on any atom is -0.343 e. The highest BCUT2D eigenvalue weighted by Gasteiger charge is 2.31. The number of amides is 1. The van der Waals surface area contributed by atoms with Gasteiger partial charge in [-0.25, -0.2) is 0 Å². The lowest BCUT2D eigenvalue weighted by molar-refractivity contribution is -0.121. The molecule has 5 heteroatoms. The number of hydrogen-bond donors (Lipinski definition) is 0. The largest absolute Gasteiger partial charge is 0.343 e. The van der Waals surface area contributed by atoms with E-state index in [1.165, 1.54) is 23.1 Å². The van der Waals surface area contributed by atoms with Crippen molar-refractivity contribution >= 4 is 40.3 Å². The summed E-state index contributed by atoms with van der Waals surface area (Å²) in [5.74, 6) is 0.0214. The molecular formula is C16H22N2OS2. The molecule has 0 bridgehead atoms. The minimum atomic E-state index is 0.0214. The van der Waals surface area contributed by atoms with Crippen molar-refractivity contribution in [3.63, 3.8) is 0 Å². The maximum atomic E-state index is 12.3. The molecule has 0 spiro atoms. The van der Waals surface area contributed by atoms with Crippen LogP contribution in [0.3, 0.4) is 0 Å². The predicted molar refractivity (Wildman–Crippen MR) is 94.5 cm³/mol. The second kappa shape index (κ2) is 5.61. The third kappa shape index (κ3) is 2.94. The fourth-order valence-corrected chi connectivity index (χ4v) is 4.25. The van der Waals surface area contributed by atoms with Crippen molar-refractivity contribution in [2.45, 2.75) is 47.1 Å². The van der Waals surface area contributed by atoms with Crippen LogP contribution in [0.2, 0.25) is 0 Å². The molecule has 3 nitrogen and oxygen atoms in total. The molecule has 0 aromatic carbocycles. The number of carbonyl (C=O) groups is 1.